The van der Waals surface area contributed by atoms with Gasteiger partial charge in [-0.05, 0) is 26.8 Å². The van der Waals surface area contributed by atoms with Crippen LogP contribution >= 0.6 is 0 Å². The summed E-state index contributed by atoms with van der Waals surface area (Å²) in [6.07, 6.45) is -1.39. The van der Waals surface area contributed by atoms with Crippen molar-refractivity contribution in [3.8, 4) is 0 Å². The molecule has 0 aromatic carbocycles. The smallest absolute Gasteiger partial charge is 0.331 e. The minimum atomic E-state index is -2.61. The Morgan fingerprint density at radius 2 is 1.92 bits per heavy atom. The summed E-state index contributed by atoms with van der Waals surface area (Å²) < 4.78 is 27.8. The molecule has 0 N–H and O–H groups in total. The first-order chi connectivity index (χ1) is 5.31. The maximum Gasteiger partial charge on any atom is 0.331 e. The fourth-order valence-electron chi connectivity index (χ4n) is 0.487. The molecule has 0 fully saturated rings. The van der Waals surface area contributed by atoms with Crippen LogP contribution in [-0.4, -0.2) is 18.0 Å². The van der Waals surface area contributed by atoms with Crippen LogP contribution in [0.3, 0.4) is 0 Å². The van der Waals surface area contributed by atoms with Gasteiger partial charge in [0.25, 0.3) is 6.43 Å². The molecule has 0 heterocycles. The Morgan fingerprint density at radius 1 is 1.42 bits per heavy atom. The predicted molar refractivity (Wildman–Crippen MR) is 41.0 cm³/mol. The molecule has 0 atom stereocenters. The molecule has 0 aromatic rings. The molecule has 2 nitrogen and oxygen atoms in total. The number of alkyl halides is 2. The van der Waals surface area contributed by atoms with Gasteiger partial charge in [0.05, 0.1) is 0 Å². The second kappa shape index (κ2) is 4.18. The zero-order valence-corrected chi connectivity index (χ0v) is 7.30. The molecule has 0 aliphatic heterocycles. The number of esters is 1. The monoisotopic (exact) mass is 178 g/mol. The molecule has 0 radical (unpaired) electrons. The third-order valence-electron chi connectivity index (χ3n) is 0.785. The van der Waals surface area contributed by atoms with Crippen molar-refractivity contribution < 1.29 is 18.3 Å². The SMILES string of the molecule is CC(C)(C)OC(=O)/C=C\C(F)F. The minimum Gasteiger partial charge on any atom is -0.457 e. The Kier molecular flexibility index (Phi) is 3.86. The molecular formula is C8H12F2O2. The number of carbonyl (C=O) groups excluding carboxylic acids is 1. The lowest BCUT2D eigenvalue weighted by Gasteiger charge is -2.17. The van der Waals surface area contributed by atoms with Crippen LogP contribution in [0.1, 0.15) is 20.8 Å². The van der Waals surface area contributed by atoms with Crippen molar-refractivity contribution in [2.45, 2.75) is 32.8 Å². The molecule has 70 valence electrons. The van der Waals surface area contributed by atoms with E-state index in [-0.39, 0.29) is 0 Å². The zero-order valence-electron chi connectivity index (χ0n) is 7.30. The van der Waals surface area contributed by atoms with Crippen LogP contribution in [0.15, 0.2) is 12.2 Å². The van der Waals surface area contributed by atoms with E-state index in [2.05, 4.69) is 0 Å². The van der Waals surface area contributed by atoms with Crippen molar-refractivity contribution in [3.63, 3.8) is 0 Å². The average Bonchev–Trinajstić information content (AvgIpc) is 1.79. The number of hydrogen-bond acceptors (Lipinski definition) is 2. The highest BCUT2D eigenvalue weighted by Gasteiger charge is 2.14. The summed E-state index contributed by atoms with van der Waals surface area (Å²) in [6.45, 7) is 5.00. The lowest BCUT2D eigenvalue weighted by Crippen LogP contribution is -2.22. The highest BCUT2D eigenvalue weighted by atomic mass is 19.3. The van der Waals surface area contributed by atoms with E-state index in [1.54, 1.807) is 20.8 Å². The maximum atomic E-state index is 11.5. The molecule has 0 rings (SSSR count). The molecular weight excluding hydrogens is 166 g/mol. The number of halogens is 2. The van der Waals surface area contributed by atoms with Gasteiger partial charge < -0.3 is 4.74 Å². The topological polar surface area (TPSA) is 26.3 Å². The van der Waals surface area contributed by atoms with E-state index in [1.165, 1.54) is 0 Å². The Hall–Kier alpha value is -0.930. The number of rotatable bonds is 2. The summed E-state index contributed by atoms with van der Waals surface area (Å²) in [6, 6.07) is 0. The Balaban J connectivity index is 3.91. The van der Waals surface area contributed by atoms with Gasteiger partial charge in [-0.1, -0.05) is 0 Å². The van der Waals surface area contributed by atoms with Crippen LogP contribution in [0.25, 0.3) is 0 Å². The van der Waals surface area contributed by atoms with Crippen molar-refractivity contribution in [1.82, 2.24) is 0 Å². The summed E-state index contributed by atoms with van der Waals surface area (Å²) in [5.41, 5.74) is -0.635. The van der Waals surface area contributed by atoms with Crippen molar-refractivity contribution >= 4 is 5.97 Å². The summed E-state index contributed by atoms with van der Waals surface area (Å²) in [5.74, 6) is -0.747. The molecule has 0 aliphatic carbocycles. The van der Waals surface area contributed by atoms with Gasteiger partial charge in [0, 0.05) is 6.08 Å². The third kappa shape index (κ3) is 7.18. The van der Waals surface area contributed by atoms with Crippen LogP contribution < -0.4 is 0 Å². The Morgan fingerprint density at radius 3 is 2.25 bits per heavy atom. The molecule has 0 saturated carbocycles. The highest BCUT2D eigenvalue weighted by molar-refractivity contribution is 5.82. The molecule has 12 heavy (non-hydrogen) atoms. The highest BCUT2D eigenvalue weighted by Crippen LogP contribution is 2.07. The fraction of sp³-hybridized carbons (Fsp3) is 0.625. The lowest BCUT2D eigenvalue weighted by molar-refractivity contribution is -0.148. The van der Waals surface area contributed by atoms with Gasteiger partial charge in [-0.3, -0.25) is 0 Å². The minimum absolute atomic E-state index is 0.494. The van der Waals surface area contributed by atoms with Gasteiger partial charge in [0.15, 0.2) is 0 Å². The molecule has 0 amide bonds. The van der Waals surface area contributed by atoms with Gasteiger partial charge in [0.1, 0.15) is 5.60 Å². The first-order valence-electron chi connectivity index (χ1n) is 3.50. The second-order valence-corrected chi connectivity index (χ2v) is 3.23. The van der Waals surface area contributed by atoms with Crippen molar-refractivity contribution in [2.75, 3.05) is 0 Å². The second-order valence-electron chi connectivity index (χ2n) is 3.23. The maximum absolute atomic E-state index is 11.5. The molecule has 0 aliphatic rings. The Bertz CT molecular complexity index is 180. The van der Waals surface area contributed by atoms with E-state index in [4.69, 9.17) is 4.74 Å². The van der Waals surface area contributed by atoms with Crippen LogP contribution in [0.5, 0.6) is 0 Å². The van der Waals surface area contributed by atoms with Gasteiger partial charge in [0.2, 0.25) is 0 Å². The van der Waals surface area contributed by atoms with E-state index in [0.29, 0.717) is 6.08 Å². The predicted octanol–water partition coefficient (Wildman–Crippen LogP) is 2.15. The van der Waals surface area contributed by atoms with Crippen LogP contribution in [0.4, 0.5) is 8.78 Å². The van der Waals surface area contributed by atoms with Gasteiger partial charge in [-0.2, -0.15) is 0 Å². The van der Waals surface area contributed by atoms with E-state index in [1.807, 2.05) is 0 Å². The van der Waals surface area contributed by atoms with E-state index in [9.17, 15) is 13.6 Å². The summed E-state index contributed by atoms with van der Waals surface area (Å²) in [7, 11) is 0. The van der Waals surface area contributed by atoms with Crippen LogP contribution in [-0.2, 0) is 9.53 Å². The van der Waals surface area contributed by atoms with Crippen LogP contribution in [0, 0.1) is 0 Å². The van der Waals surface area contributed by atoms with Gasteiger partial charge in [-0.25, -0.2) is 13.6 Å². The third-order valence-corrected chi connectivity index (χ3v) is 0.785. The molecule has 0 aromatic heterocycles. The fourth-order valence-corrected chi connectivity index (χ4v) is 0.487. The standard InChI is InChI=1S/C8H12F2O2/c1-8(2,3)12-7(11)5-4-6(9)10/h4-6H,1-3H3/b5-4-. The number of ether oxygens (including phenoxy) is 1. The first-order valence-corrected chi connectivity index (χ1v) is 3.50. The average molecular weight is 178 g/mol. The largest absolute Gasteiger partial charge is 0.457 e. The quantitative estimate of drug-likeness (QED) is 0.478. The molecule has 0 spiro atoms. The normalized spacial score (nSPS) is 12.5. The molecule has 0 unspecified atom stereocenters. The number of allylic oxidation sites excluding steroid dienone is 1. The van der Waals surface area contributed by atoms with E-state index >= 15 is 0 Å². The summed E-state index contributed by atoms with van der Waals surface area (Å²) in [4.78, 5) is 10.7. The number of carbonyl (C=O) groups is 1. The Labute approximate surface area is 70.2 Å². The van der Waals surface area contributed by atoms with E-state index in [0.717, 1.165) is 6.08 Å². The summed E-state index contributed by atoms with van der Waals surface area (Å²) >= 11 is 0. The van der Waals surface area contributed by atoms with Gasteiger partial charge >= 0.3 is 5.97 Å². The first kappa shape index (κ1) is 11.1. The van der Waals surface area contributed by atoms with Crippen molar-refractivity contribution in [2.24, 2.45) is 0 Å². The van der Waals surface area contributed by atoms with Crippen LogP contribution in [0.2, 0.25) is 0 Å². The van der Waals surface area contributed by atoms with Crippen molar-refractivity contribution in [3.05, 3.63) is 12.2 Å². The molecule has 0 bridgehead atoms. The van der Waals surface area contributed by atoms with Gasteiger partial charge in [-0.15, -0.1) is 0 Å². The summed E-state index contributed by atoms with van der Waals surface area (Å²) in [5, 5.41) is 0. The van der Waals surface area contributed by atoms with Crippen molar-refractivity contribution in [1.29, 1.82) is 0 Å². The number of hydrogen-bond donors (Lipinski definition) is 0. The lowest BCUT2D eigenvalue weighted by atomic mass is 10.2. The molecule has 4 heteroatoms. The zero-order chi connectivity index (χ0) is 9.78. The molecule has 0 saturated heterocycles. The van der Waals surface area contributed by atoms with E-state index < -0.39 is 18.0 Å².